The Morgan fingerprint density at radius 2 is 2.05 bits per heavy atom. The van der Waals surface area contributed by atoms with Crippen molar-refractivity contribution in [2.75, 3.05) is 45.7 Å². The van der Waals surface area contributed by atoms with E-state index in [0.29, 0.717) is 19.0 Å². The van der Waals surface area contributed by atoms with Gasteiger partial charge in [-0.15, -0.1) is 0 Å². The molecular formula is C15H25N3O3+2. The topological polar surface area (TPSA) is 68.6 Å². The summed E-state index contributed by atoms with van der Waals surface area (Å²) in [6.45, 7) is 4.98. The monoisotopic (exact) mass is 295 g/mol. The number of benzene rings is 1. The summed E-state index contributed by atoms with van der Waals surface area (Å²) in [5.41, 5.74) is 0.739. The van der Waals surface area contributed by atoms with E-state index in [1.165, 1.54) is 4.90 Å². The van der Waals surface area contributed by atoms with Crippen LogP contribution in [-0.2, 0) is 4.79 Å². The Bertz CT molecular complexity index is 491. The number of fused-ring (bicyclic) bond motifs is 1. The van der Waals surface area contributed by atoms with Crippen LogP contribution < -0.4 is 25.0 Å². The number of amides is 1. The van der Waals surface area contributed by atoms with E-state index >= 15 is 0 Å². The Balaban J connectivity index is 1.87. The van der Waals surface area contributed by atoms with Gasteiger partial charge in [-0.05, 0) is 19.1 Å². The molecule has 4 N–H and O–H groups in total. The average Bonchev–Trinajstić information content (AvgIpc) is 2.46. The van der Waals surface area contributed by atoms with E-state index in [1.807, 2.05) is 25.1 Å². The molecule has 2 rings (SSSR count). The van der Waals surface area contributed by atoms with Gasteiger partial charge in [0.05, 0.1) is 14.1 Å². The van der Waals surface area contributed by atoms with Crippen molar-refractivity contribution in [3.63, 3.8) is 0 Å². The van der Waals surface area contributed by atoms with Gasteiger partial charge in [-0.25, -0.2) is 0 Å². The fraction of sp³-hybridized carbons (Fsp3) is 0.533. The van der Waals surface area contributed by atoms with Crippen LogP contribution in [0.3, 0.4) is 0 Å². The smallest absolute Gasteiger partial charge is 0.282 e. The summed E-state index contributed by atoms with van der Waals surface area (Å²) in [5.74, 6) is 1.42. The van der Waals surface area contributed by atoms with Gasteiger partial charge in [0.2, 0.25) is 0 Å². The second kappa shape index (κ2) is 7.28. The van der Waals surface area contributed by atoms with Crippen molar-refractivity contribution in [3.8, 4) is 11.5 Å². The average molecular weight is 295 g/mol. The third-order valence-corrected chi connectivity index (χ3v) is 3.39. The molecule has 1 aromatic carbocycles. The lowest BCUT2D eigenvalue weighted by Gasteiger charge is -2.19. The van der Waals surface area contributed by atoms with Crippen LogP contribution in [0.5, 0.6) is 11.5 Å². The molecular weight excluding hydrogens is 270 g/mol. The van der Waals surface area contributed by atoms with Gasteiger partial charge in [0, 0.05) is 11.8 Å². The minimum Gasteiger partial charge on any atom is -0.486 e. The second-order valence-electron chi connectivity index (χ2n) is 5.62. The lowest BCUT2D eigenvalue weighted by atomic mass is 10.2. The number of hydrogen-bond acceptors (Lipinski definition) is 3. The number of rotatable bonds is 6. The molecule has 0 saturated carbocycles. The maximum absolute atomic E-state index is 12.1. The number of carbonyl (C=O) groups excluding carboxylic acids is 1. The van der Waals surface area contributed by atoms with E-state index < -0.39 is 0 Å². The van der Waals surface area contributed by atoms with Crippen molar-refractivity contribution in [1.29, 1.82) is 0 Å². The summed E-state index contributed by atoms with van der Waals surface area (Å²) in [6, 6.07) is 5.36. The summed E-state index contributed by atoms with van der Waals surface area (Å²) in [6.07, 6.45) is 0. The Morgan fingerprint density at radius 3 is 2.76 bits per heavy atom. The Labute approximate surface area is 125 Å². The van der Waals surface area contributed by atoms with Gasteiger partial charge in [0.15, 0.2) is 17.5 Å². The SMILES string of the molecule is C[C@H]([NH2+]CC[NH+](C)C)C(=O)Nc1ccc2c(c1)OCCO2. The van der Waals surface area contributed by atoms with E-state index in [-0.39, 0.29) is 11.9 Å². The molecule has 21 heavy (non-hydrogen) atoms. The van der Waals surface area contributed by atoms with E-state index in [1.54, 1.807) is 0 Å². The van der Waals surface area contributed by atoms with Gasteiger partial charge in [0.25, 0.3) is 5.91 Å². The van der Waals surface area contributed by atoms with Gasteiger partial charge in [-0.2, -0.15) is 0 Å². The second-order valence-corrected chi connectivity index (χ2v) is 5.62. The van der Waals surface area contributed by atoms with E-state index in [9.17, 15) is 4.79 Å². The molecule has 1 amide bonds. The van der Waals surface area contributed by atoms with Crippen molar-refractivity contribution >= 4 is 11.6 Å². The number of anilines is 1. The van der Waals surface area contributed by atoms with Gasteiger partial charge < -0.3 is 25.0 Å². The lowest BCUT2D eigenvalue weighted by Crippen LogP contribution is -3.10. The van der Waals surface area contributed by atoms with Crippen LogP contribution in [0.2, 0.25) is 0 Å². The van der Waals surface area contributed by atoms with Crippen LogP contribution in [0.1, 0.15) is 6.92 Å². The number of ether oxygens (including phenoxy) is 2. The fourth-order valence-electron chi connectivity index (χ4n) is 2.11. The molecule has 0 bridgehead atoms. The zero-order valence-corrected chi connectivity index (χ0v) is 12.9. The maximum atomic E-state index is 12.1. The van der Waals surface area contributed by atoms with Gasteiger partial charge in [0.1, 0.15) is 26.3 Å². The molecule has 116 valence electrons. The molecule has 1 aliphatic rings. The fourth-order valence-corrected chi connectivity index (χ4v) is 2.11. The van der Waals surface area contributed by atoms with Crippen LogP contribution in [0.25, 0.3) is 0 Å². The van der Waals surface area contributed by atoms with E-state index in [4.69, 9.17) is 9.47 Å². The molecule has 1 heterocycles. The minimum absolute atomic E-state index is 0.000402. The first-order valence-corrected chi connectivity index (χ1v) is 7.39. The molecule has 0 unspecified atom stereocenters. The lowest BCUT2D eigenvalue weighted by molar-refractivity contribution is -0.875. The van der Waals surface area contributed by atoms with Crippen molar-refractivity contribution < 1.29 is 24.5 Å². The molecule has 0 aromatic heterocycles. The number of likely N-dealkylation sites (N-methyl/N-ethyl adjacent to an activating group) is 1. The highest BCUT2D eigenvalue weighted by Gasteiger charge is 2.18. The minimum atomic E-state index is -0.113. The highest BCUT2D eigenvalue weighted by molar-refractivity contribution is 5.93. The van der Waals surface area contributed by atoms with E-state index in [0.717, 1.165) is 24.5 Å². The normalized spacial score (nSPS) is 14.9. The highest BCUT2D eigenvalue weighted by Crippen LogP contribution is 2.32. The van der Waals surface area contributed by atoms with Crippen LogP contribution in [0, 0.1) is 0 Å². The third-order valence-electron chi connectivity index (χ3n) is 3.39. The summed E-state index contributed by atoms with van der Waals surface area (Å²) in [4.78, 5) is 13.5. The number of quaternary nitrogens is 2. The van der Waals surface area contributed by atoms with Crippen LogP contribution in [0.15, 0.2) is 18.2 Å². The number of hydrogen-bond donors (Lipinski definition) is 3. The first-order valence-electron chi connectivity index (χ1n) is 7.39. The largest absolute Gasteiger partial charge is 0.486 e. The Kier molecular flexibility index (Phi) is 5.41. The van der Waals surface area contributed by atoms with Crippen LogP contribution in [-0.4, -0.2) is 52.3 Å². The number of nitrogens with one attached hydrogen (secondary N) is 2. The predicted octanol–water partition coefficient (Wildman–Crippen LogP) is -1.51. The van der Waals surface area contributed by atoms with Gasteiger partial charge in [-0.3, -0.25) is 4.79 Å². The van der Waals surface area contributed by atoms with Crippen LogP contribution >= 0.6 is 0 Å². The van der Waals surface area contributed by atoms with E-state index in [2.05, 4.69) is 24.7 Å². The first-order chi connectivity index (χ1) is 10.1. The molecule has 1 aromatic rings. The Morgan fingerprint density at radius 1 is 1.33 bits per heavy atom. The molecule has 6 nitrogen and oxygen atoms in total. The van der Waals surface area contributed by atoms with Crippen molar-refractivity contribution in [3.05, 3.63) is 18.2 Å². The quantitative estimate of drug-likeness (QED) is 0.598. The van der Waals surface area contributed by atoms with Gasteiger partial charge >= 0.3 is 0 Å². The molecule has 0 spiro atoms. The molecule has 6 heteroatoms. The summed E-state index contributed by atoms with van der Waals surface area (Å²) < 4.78 is 11.0. The summed E-state index contributed by atoms with van der Waals surface area (Å²) in [7, 11) is 4.21. The molecule has 0 fully saturated rings. The van der Waals surface area contributed by atoms with Gasteiger partial charge in [-0.1, -0.05) is 0 Å². The number of nitrogens with two attached hydrogens (primary N) is 1. The first kappa shape index (κ1) is 15.6. The summed E-state index contributed by atoms with van der Waals surface area (Å²) >= 11 is 0. The molecule has 0 radical (unpaired) electrons. The van der Waals surface area contributed by atoms with Crippen molar-refractivity contribution in [1.82, 2.24) is 0 Å². The molecule has 1 atom stereocenters. The van der Waals surface area contributed by atoms with Crippen molar-refractivity contribution in [2.24, 2.45) is 0 Å². The zero-order valence-electron chi connectivity index (χ0n) is 12.9. The standard InChI is InChI=1S/C15H23N3O3/c1-11(16-6-7-18(2)3)15(19)17-12-4-5-13-14(10-12)21-9-8-20-13/h4-5,10-11,16H,6-9H2,1-3H3,(H,17,19)/p+2/t11-/m0/s1. The number of carbonyl (C=O) groups is 1. The molecule has 0 saturated heterocycles. The molecule has 1 aliphatic heterocycles. The maximum Gasteiger partial charge on any atom is 0.282 e. The third kappa shape index (κ3) is 4.61. The Hall–Kier alpha value is -1.79. The molecule has 0 aliphatic carbocycles. The summed E-state index contributed by atoms with van der Waals surface area (Å²) in [5, 5.41) is 4.97. The highest BCUT2D eigenvalue weighted by atomic mass is 16.6. The predicted molar refractivity (Wildman–Crippen MR) is 80.0 cm³/mol. The van der Waals surface area contributed by atoms with Crippen LogP contribution in [0.4, 0.5) is 5.69 Å². The zero-order chi connectivity index (χ0) is 15.2. The van der Waals surface area contributed by atoms with Crippen molar-refractivity contribution in [2.45, 2.75) is 13.0 Å².